The van der Waals surface area contributed by atoms with Crippen molar-refractivity contribution in [1.29, 1.82) is 0 Å². The van der Waals surface area contributed by atoms with Gasteiger partial charge in [-0.15, -0.1) is 0 Å². The lowest BCUT2D eigenvalue weighted by Crippen LogP contribution is -2.41. The van der Waals surface area contributed by atoms with Crippen molar-refractivity contribution < 1.29 is 4.79 Å². The predicted octanol–water partition coefficient (Wildman–Crippen LogP) is 1.57. The van der Waals surface area contributed by atoms with Crippen LogP contribution in [0.4, 0.5) is 0 Å². The molecule has 1 atom stereocenters. The summed E-state index contributed by atoms with van der Waals surface area (Å²) in [6.45, 7) is 11.9. The first-order chi connectivity index (χ1) is 9.91. The number of rotatable bonds is 5. The summed E-state index contributed by atoms with van der Waals surface area (Å²) in [6.07, 6.45) is 2.11. The van der Waals surface area contributed by atoms with Crippen molar-refractivity contribution in [2.45, 2.75) is 52.6 Å². The van der Waals surface area contributed by atoms with Crippen molar-refractivity contribution in [3.63, 3.8) is 0 Å². The van der Waals surface area contributed by atoms with Crippen molar-refractivity contribution >= 4 is 5.91 Å². The highest BCUT2D eigenvalue weighted by molar-refractivity contribution is 5.79. The molecule has 1 N–H and O–H groups in total. The Kier molecular flexibility index (Phi) is 7.77. The number of nitrogens with zero attached hydrogens (tertiary/aromatic N) is 2. The lowest BCUT2D eigenvalue weighted by Gasteiger charge is -2.28. The molecule has 1 amide bonds. The average molecular weight is 293 g/mol. The first kappa shape index (κ1) is 18.0. The number of hydrogen-bond acceptors (Lipinski definition) is 3. The molecule has 1 saturated heterocycles. The zero-order valence-electron chi connectivity index (χ0n) is 14.3. The van der Waals surface area contributed by atoms with Gasteiger partial charge in [0.2, 0.25) is 5.91 Å². The number of amides is 1. The largest absolute Gasteiger partial charge is 0.345 e. The van der Waals surface area contributed by atoms with E-state index in [0.717, 1.165) is 32.5 Å². The molecule has 120 valence electrons. The van der Waals surface area contributed by atoms with E-state index in [0.29, 0.717) is 18.6 Å². The smallest absolute Gasteiger partial charge is 0.225 e. The van der Waals surface area contributed by atoms with Gasteiger partial charge < -0.3 is 10.2 Å². The summed E-state index contributed by atoms with van der Waals surface area (Å²) in [6, 6.07) is 0.985. The molecule has 4 heteroatoms. The molecule has 1 heterocycles. The molecule has 21 heavy (non-hydrogen) atoms. The molecule has 0 saturated carbocycles. The van der Waals surface area contributed by atoms with Gasteiger partial charge in [-0.2, -0.15) is 0 Å². The lowest BCUT2D eigenvalue weighted by atomic mass is 9.98. The second kappa shape index (κ2) is 9.07. The third kappa shape index (κ3) is 6.50. The predicted molar refractivity (Wildman–Crippen MR) is 88.0 cm³/mol. The van der Waals surface area contributed by atoms with Crippen LogP contribution in [-0.4, -0.2) is 61.0 Å². The second-order valence-corrected chi connectivity index (χ2v) is 6.53. The van der Waals surface area contributed by atoms with Crippen LogP contribution in [0.15, 0.2) is 0 Å². The Morgan fingerprint density at radius 2 is 1.95 bits per heavy atom. The van der Waals surface area contributed by atoms with Crippen LogP contribution >= 0.6 is 0 Å². The van der Waals surface area contributed by atoms with Crippen LogP contribution in [0.1, 0.15) is 40.5 Å². The third-order valence-electron chi connectivity index (χ3n) is 4.06. The average Bonchev–Trinajstić information content (AvgIpc) is 2.41. The van der Waals surface area contributed by atoms with E-state index < -0.39 is 0 Å². The Hall–Kier alpha value is -1.05. The van der Waals surface area contributed by atoms with Crippen LogP contribution in [0.5, 0.6) is 0 Å². The number of likely N-dealkylation sites (tertiary alicyclic amines) is 1. The maximum absolute atomic E-state index is 12.0. The second-order valence-electron chi connectivity index (χ2n) is 6.53. The molecule has 1 fully saturated rings. The summed E-state index contributed by atoms with van der Waals surface area (Å²) in [5, 5.41) is 2.95. The summed E-state index contributed by atoms with van der Waals surface area (Å²) >= 11 is 0. The lowest BCUT2D eigenvalue weighted by molar-refractivity contribution is -0.126. The number of nitrogens with one attached hydrogen (secondary N) is 1. The third-order valence-corrected chi connectivity index (χ3v) is 4.06. The van der Waals surface area contributed by atoms with Crippen LogP contribution in [0.25, 0.3) is 0 Å². The first-order valence-electron chi connectivity index (χ1n) is 8.09. The molecule has 0 aromatic carbocycles. The first-order valence-corrected chi connectivity index (χ1v) is 8.09. The summed E-state index contributed by atoms with van der Waals surface area (Å²) in [5.74, 6) is 6.52. The van der Waals surface area contributed by atoms with Gasteiger partial charge in [0.15, 0.2) is 0 Å². The highest BCUT2D eigenvalue weighted by Crippen LogP contribution is 2.14. The topological polar surface area (TPSA) is 35.6 Å². The molecule has 0 aromatic rings. The Bertz CT molecular complexity index is 373. The van der Waals surface area contributed by atoms with Crippen LogP contribution < -0.4 is 5.32 Å². The summed E-state index contributed by atoms with van der Waals surface area (Å²) in [5.41, 5.74) is 0. The Morgan fingerprint density at radius 3 is 2.52 bits per heavy atom. The molecule has 1 rings (SSSR count). The van der Waals surface area contributed by atoms with Crippen LogP contribution in [0, 0.1) is 17.8 Å². The van der Waals surface area contributed by atoms with Crippen molar-refractivity contribution in [1.82, 2.24) is 15.1 Å². The Labute approximate surface area is 130 Å². The van der Waals surface area contributed by atoms with E-state index in [1.165, 1.54) is 0 Å². The zero-order valence-corrected chi connectivity index (χ0v) is 14.3. The molecule has 0 bridgehead atoms. The molecule has 4 nitrogen and oxygen atoms in total. The van der Waals surface area contributed by atoms with E-state index in [-0.39, 0.29) is 11.8 Å². The molecule has 1 aliphatic rings. The molecular weight excluding hydrogens is 262 g/mol. The number of carbonyl (C=O) groups excluding carboxylic acids is 1. The van der Waals surface area contributed by atoms with E-state index in [2.05, 4.69) is 61.7 Å². The standard InChI is InChI=1S/C17H31N3O/c1-14(2)20(15(3)4)12-7-6-10-18-17(21)16-9-8-11-19(5)13-16/h14-16H,8-13H2,1-5H3,(H,18,21)/t16-/m1/s1. The molecule has 0 unspecified atom stereocenters. The minimum Gasteiger partial charge on any atom is -0.345 e. The maximum atomic E-state index is 12.0. The molecule has 1 aliphatic heterocycles. The van der Waals surface area contributed by atoms with Gasteiger partial charge >= 0.3 is 0 Å². The minimum absolute atomic E-state index is 0.133. The van der Waals surface area contributed by atoms with Crippen molar-refractivity contribution in [3.05, 3.63) is 0 Å². The van der Waals surface area contributed by atoms with Crippen molar-refractivity contribution in [2.24, 2.45) is 5.92 Å². The van der Waals surface area contributed by atoms with E-state index in [1.54, 1.807) is 0 Å². The normalized spacial score (nSPS) is 19.7. The van der Waals surface area contributed by atoms with E-state index in [1.807, 2.05) is 0 Å². The highest BCUT2D eigenvalue weighted by Gasteiger charge is 2.23. The fraction of sp³-hybridized carbons (Fsp3) is 0.824. The quantitative estimate of drug-likeness (QED) is 0.782. The monoisotopic (exact) mass is 293 g/mol. The van der Waals surface area contributed by atoms with Gasteiger partial charge in [0.1, 0.15) is 0 Å². The minimum atomic E-state index is 0.133. The fourth-order valence-corrected chi connectivity index (χ4v) is 2.83. The Morgan fingerprint density at radius 1 is 1.29 bits per heavy atom. The molecular formula is C17H31N3O. The number of carbonyl (C=O) groups is 1. The maximum Gasteiger partial charge on any atom is 0.225 e. The summed E-state index contributed by atoms with van der Waals surface area (Å²) < 4.78 is 0. The van der Waals surface area contributed by atoms with E-state index in [9.17, 15) is 4.79 Å². The van der Waals surface area contributed by atoms with Gasteiger partial charge in [-0.1, -0.05) is 11.8 Å². The van der Waals surface area contributed by atoms with Gasteiger partial charge in [0, 0.05) is 18.6 Å². The Balaban J connectivity index is 2.30. The van der Waals surface area contributed by atoms with Crippen LogP contribution in [0.3, 0.4) is 0 Å². The van der Waals surface area contributed by atoms with E-state index >= 15 is 0 Å². The number of piperidine rings is 1. The summed E-state index contributed by atoms with van der Waals surface area (Å²) in [4.78, 5) is 16.6. The van der Waals surface area contributed by atoms with Gasteiger partial charge in [-0.05, 0) is 54.1 Å². The SMILES string of the molecule is CC(C)N(CC#CCNC(=O)[C@@H]1CCCN(C)C1)C(C)C. The van der Waals surface area contributed by atoms with Gasteiger partial charge in [0.25, 0.3) is 0 Å². The van der Waals surface area contributed by atoms with Gasteiger partial charge in [0.05, 0.1) is 19.0 Å². The summed E-state index contributed by atoms with van der Waals surface area (Å²) in [7, 11) is 2.08. The molecule has 0 aromatic heterocycles. The molecule has 0 aliphatic carbocycles. The highest BCUT2D eigenvalue weighted by atomic mass is 16.1. The number of hydrogen-bond donors (Lipinski definition) is 1. The van der Waals surface area contributed by atoms with E-state index in [4.69, 9.17) is 0 Å². The van der Waals surface area contributed by atoms with Crippen molar-refractivity contribution in [2.75, 3.05) is 33.2 Å². The fourth-order valence-electron chi connectivity index (χ4n) is 2.83. The molecule has 0 radical (unpaired) electrons. The van der Waals surface area contributed by atoms with Gasteiger partial charge in [-0.3, -0.25) is 9.69 Å². The molecule has 0 spiro atoms. The van der Waals surface area contributed by atoms with Crippen molar-refractivity contribution in [3.8, 4) is 11.8 Å². The van der Waals surface area contributed by atoms with Gasteiger partial charge in [-0.25, -0.2) is 0 Å². The zero-order chi connectivity index (χ0) is 15.8. The van der Waals surface area contributed by atoms with Crippen LogP contribution in [0.2, 0.25) is 0 Å². The van der Waals surface area contributed by atoms with Crippen LogP contribution in [-0.2, 0) is 4.79 Å².